The van der Waals surface area contributed by atoms with Gasteiger partial charge >= 0.3 is 0 Å². The second-order valence-corrected chi connectivity index (χ2v) is 6.22. The fourth-order valence-electron chi connectivity index (χ4n) is 3.02. The highest BCUT2D eigenvalue weighted by atomic mass is 16.2. The highest BCUT2D eigenvalue weighted by Crippen LogP contribution is 2.09. The predicted molar refractivity (Wildman–Crippen MR) is 85.9 cm³/mol. The Labute approximate surface area is 131 Å². The Hall–Kier alpha value is -1.69. The molecule has 0 spiro atoms. The van der Waals surface area contributed by atoms with Gasteiger partial charge in [0.1, 0.15) is 5.82 Å². The average molecular weight is 306 g/mol. The molecular formula is C16H26N4O2. The van der Waals surface area contributed by atoms with Crippen molar-refractivity contribution in [2.24, 2.45) is 0 Å². The van der Waals surface area contributed by atoms with Crippen LogP contribution in [0.1, 0.15) is 43.3 Å². The van der Waals surface area contributed by atoms with Crippen molar-refractivity contribution in [1.29, 1.82) is 0 Å². The number of aromatic nitrogens is 2. The number of hydrogen-bond acceptors (Lipinski definition) is 4. The molecule has 1 aliphatic rings. The summed E-state index contributed by atoms with van der Waals surface area (Å²) in [5.74, 6) is 0.453. The van der Waals surface area contributed by atoms with Crippen molar-refractivity contribution in [3.63, 3.8) is 0 Å². The number of aryl methyl sites for hydroxylation is 2. The summed E-state index contributed by atoms with van der Waals surface area (Å²) in [5.41, 5.74) is 0.859. The van der Waals surface area contributed by atoms with E-state index < -0.39 is 0 Å². The fourth-order valence-corrected chi connectivity index (χ4v) is 3.02. The topological polar surface area (TPSA) is 78.1 Å². The van der Waals surface area contributed by atoms with E-state index in [1.54, 1.807) is 13.8 Å². The molecule has 22 heavy (non-hydrogen) atoms. The van der Waals surface area contributed by atoms with Crippen LogP contribution in [0.25, 0.3) is 0 Å². The summed E-state index contributed by atoms with van der Waals surface area (Å²) in [5, 5.41) is 2.98. The van der Waals surface area contributed by atoms with Crippen molar-refractivity contribution in [1.82, 2.24) is 20.2 Å². The summed E-state index contributed by atoms with van der Waals surface area (Å²) < 4.78 is 0. The first-order valence-electron chi connectivity index (χ1n) is 8.04. The highest BCUT2D eigenvalue weighted by Gasteiger charge is 2.17. The van der Waals surface area contributed by atoms with E-state index in [0.717, 1.165) is 19.6 Å². The van der Waals surface area contributed by atoms with Gasteiger partial charge < -0.3 is 15.2 Å². The lowest BCUT2D eigenvalue weighted by atomic mass is 10.1. The standard InChI is InChI=1S/C16H26N4O2/c1-11(10-20-7-5-4-6-8-20)17-15(21)9-14-12(2)18-13(3)19-16(14)22/h11H,4-10H2,1-3H3,(H,17,21)(H,18,19,22)/t11-/m0/s1. The third-order valence-corrected chi connectivity index (χ3v) is 4.07. The van der Waals surface area contributed by atoms with Gasteiger partial charge in [-0.25, -0.2) is 4.98 Å². The summed E-state index contributed by atoms with van der Waals surface area (Å²) in [6, 6.07) is 0.0865. The number of H-pyrrole nitrogens is 1. The third-order valence-electron chi connectivity index (χ3n) is 4.07. The number of piperidine rings is 1. The molecule has 6 heteroatoms. The number of likely N-dealkylation sites (tertiary alicyclic amines) is 1. The summed E-state index contributed by atoms with van der Waals surface area (Å²) in [7, 11) is 0. The van der Waals surface area contributed by atoms with Crippen molar-refractivity contribution >= 4 is 5.91 Å². The fraction of sp³-hybridized carbons (Fsp3) is 0.688. The first-order valence-corrected chi connectivity index (χ1v) is 8.04. The Balaban J connectivity index is 1.88. The van der Waals surface area contributed by atoms with E-state index in [-0.39, 0.29) is 23.9 Å². The van der Waals surface area contributed by atoms with Crippen molar-refractivity contribution in [2.45, 2.75) is 52.5 Å². The number of rotatable bonds is 5. The first-order chi connectivity index (χ1) is 10.5. The number of nitrogens with zero attached hydrogens (tertiary/aromatic N) is 2. The van der Waals surface area contributed by atoms with Gasteiger partial charge in [-0.2, -0.15) is 0 Å². The molecule has 0 bridgehead atoms. The van der Waals surface area contributed by atoms with Crippen LogP contribution in [0.5, 0.6) is 0 Å². The van der Waals surface area contributed by atoms with Gasteiger partial charge in [0.25, 0.3) is 5.56 Å². The zero-order chi connectivity index (χ0) is 16.1. The van der Waals surface area contributed by atoms with E-state index in [4.69, 9.17) is 0 Å². The molecule has 0 radical (unpaired) electrons. The lowest BCUT2D eigenvalue weighted by molar-refractivity contribution is -0.121. The lowest BCUT2D eigenvalue weighted by Gasteiger charge is -2.29. The van der Waals surface area contributed by atoms with E-state index in [9.17, 15) is 9.59 Å². The Morgan fingerprint density at radius 1 is 1.32 bits per heavy atom. The number of carbonyl (C=O) groups is 1. The van der Waals surface area contributed by atoms with Gasteiger partial charge in [0, 0.05) is 23.8 Å². The van der Waals surface area contributed by atoms with E-state index in [0.29, 0.717) is 17.1 Å². The Kier molecular flexibility index (Phi) is 5.71. The van der Waals surface area contributed by atoms with Crippen LogP contribution < -0.4 is 10.9 Å². The zero-order valence-corrected chi connectivity index (χ0v) is 13.7. The van der Waals surface area contributed by atoms with Gasteiger partial charge in [-0.15, -0.1) is 0 Å². The molecule has 1 aliphatic heterocycles. The maximum absolute atomic E-state index is 12.1. The molecule has 1 saturated heterocycles. The van der Waals surface area contributed by atoms with Crippen LogP contribution in [0.3, 0.4) is 0 Å². The molecule has 0 aliphatic carbocycles. The van der Waals surface area contributed by atoms with Crippen LogP contribution in [0, 0.1) is 13.8 Å². The smallest absolute Gasteiger partial charge is 0.254 e. The number of nitrogens with one attached hydrogen (secondary N) is 2. The highest BCUT2D eigenvalue weighted by molar-refractivity contribution is 5.78. The van der Waals surface area contributed by atoms with Crippen LogP contribution in [0.15, 0.2) is 4.79 Å². The minimum absolute atomic E-state index is 0.0821. The molecule has 1 fully saturated rings. The Bertz CT molecular complexity index is 576. The molecule has 1 amide bonds. The zero-order valence-electron chi connectivity index (χ0n) is 13.7. The summed E-state index contributed by atoms with van der Waals surface area (Å²) in [6.45, 7) is 8.60. The van der Waals surface area contributed by atoms with Gasteiger partial charge in [-0.05, 0) is 46.7 Å². The SMILES string of the molecule is Cc1nc(C)c(CC(=O)N[C@@H](C)CN2CCCCC2)c(=O)[nH]1. The monoisotopic (exact) mass is 306 g/mol. The minimum atomic E-state index is -0.219. The Morgan fingerprint density at radius 3 is 2.64 bits per heavy atom. The molecule has 2 rings (SSSR count). The number of hydrogen-bond donors (Lipinski definition) is 2. The van der Waals surface area contributed by atoms with Crippen LogP contribution in [0.2, 0.25) is 0 Å². The van der Waals surface area contributed by atoms with Crippen molar-refractivity contribution in [3.8, 4) is 0 Å². The van der Waals surface area contributed by atoms with Crippen molar-refractivity contribution < 1.29 is 4.79 Å². The maximum Gasteiger partial charge on any atom is 0.254 e. The predicted octanol–water partition coefficient (Wildman–Crippen LogP) is 0.920. The van der Waals surface area contributed by atoms with Crippen LogP contribution >= 0.6 is 0 Å². The molecule has 1 aromatic rings. The largest absolute Gasteiger partial charge is 0.352 e. The Morgan fingerprint density at radius 2 is 2.00 bits per heavy atom. The molecule has 0 unspecified atom stereocenters. The van der Waals surface area contributed by atoms with Crippen LogP contribution in [0.4, 0.5) is 0 Å². The number of carbonyl (C=O) groups excluding carboxylic acids is 1. The molecule has 6 nitrogen and oxygen atoms in total. The van der Waals surface area contributed by atoms with Gasteiger partial charge in [-0.1, -0.05) is 6.42 Å². The number of aromatic amines is 1. The molecule has 1 aromatic heterocycles. The average Bonchev–Trinajstić information content (AvgIpc) is 2.43. The van der Waals surface area contributed by atoms with Crippen LogP contribution in [-0.2, 0) is 11.2 Å². The second kappa shape index (κ2) is 7.54. The molecular weight excluding hydrogens is 280 g/mol. The van der Waals surface area contributed by atoms with E-state index in [2.05, 4.69) is 20.2 Å². The van der Waals surface area contributed by atoms with Gasteiger partial charge in [0.05, 0.1) is 6.42 Å². The number of amides is 1. The summed E-state index contributed by atoms with van der Waals surface area (Å²) in [6.07, 6.45) is 3.87. The molecule has 0 saturated carbocycles. The van der Waals surface area contributed by atoms with E-state index in [1.807, 2.05) is 6.92 Å². The van der Waals surface area contributed by atoms with Gasteiger partial charge in [-0.3, -0.25) is 9.59 Å². The molecule has 2 N–H and O–H groups in total. The van der Waals surface area contributed by atoms with Crippen molar-refractivity contribution in [2.75, 3.05) is 19.6 Å². The molecule has 2 heterocycles. The lowest BCUT2D eigenvalue weighted by Crippen LogP contribution is -2.44. The maximum atomic E-state index is 12.1. The molecule has 0 aromatic carbocycles. The van der Waals surface area contributed by atoms with E-state index >= 15 is 0 Å². The first kappa shape index (κ1) is 16.7. The van der Waals surface area contributed by atoms with Gasteiger partial charge in [0.2, 0.25) is 5.91 Å². The van der Waals surface area contributed by atoms with Crippen LogP contribution in [-0.4, -0.2) is 46.5 Å². The normalized spacial score (nSPS) is 17.2. The third kappa shape index (κ3) is 4.66. The molecule has 122 valence electrons. The second-order valence-electron chi connectivity index (χ2n) is 6.22. The quantitative estimate of drug-likeness (QED) is 0.848. The summed E-state index contributed by atoms with van der Waals surface area (Å²) >= 11 is 0. The van der Waals surface area contributed by atoms with Gasteiger partial charge in [0.15, 0.2) is 0 Å². The molecule has 1 atom stereocenters. The summed E-state index contributed by atoms with van der Waals surface area (Å²) in [4.78, 5) is 33.3. The van der Waals surface area contributed by atoms with E-state index in [1.165, 1.54) is 19.3 Å². The minimum Gasteiger partial charge on any atom is -0.352 e. The van der Waals surface area contributed by atoms with Crippen molar-refractivity contribution in [3.05, 3.63) is 27.4 Å².